The van der Waals surface area contributed by atoms with E-state index in [2.05, 4.69) is 36.7 Å². The quantitative estimate of drug-likeness (QED) is 0.369. The number of anilines is 2. The van der Waals surface area contributed by atoms with Crippen molar-refractivity contribution in [3.8, 4) is 5.82 Å². The fourth-order valence-electron chi connectivity index (χ4n) is 5.51. The van der Waals surface area contributed by atoms with Gasteiger partial charge in [-0.1, -0.05) is 12.1 Å². The summed E-state index contributed by atoms with van der Waals surface area (Å²) in [5.41, 5.74) is 3.44. The molecule has 2 aliphatic rings. The molecule has 39 heavy (non-hydrogen) atoms. The summed E-state index contributed by atoms with van der Waals surface area (Å²) in [7, 11) is 0. The number of pyridine rings is 1. The molecule has 0 radical (unpaired) electrons. The van der Waals surface area contributed by atoms with Gasteiger partial charge in [-0.05, 0) is 63.7 Å². The second kappa shape index (κ2) is 9.72. The topological polar surface area (TPSA) is 118 Å². The van der Waals surface area contributed by atoms with Crippen LogP contribution in [0, 0.1) is 25.1 Å². The van der Waals surface area contributed by atoms with Gasteiger partial charge >= 0.3 is 0 Å². The average Bonchev–Trinajstić information content (AvgIpc) is 3.63. The first-order valence-electron chi connectivity index (χ1n) is 13.1. The zero-order valence-corrected chi connectivity index (χ0v) is 22.1. The number of allylic oxidation sites excluding steroid dienone is 2. The molecule has 1 amide bonds. The molecule has 1 fully saturated rings. The number of hydrogen-bond acceptors (Lipinski definition) is 7. The van der Waals surface area contributed by atoms with Crippen LogP contribution in [0.1, 0.15) is 61.4 Å². The summed E-state index contributed by atoms with van der Waals surface area (Å²) in [4.78, 5) is 29.5. The zero-order chi connectivity index (χ0) is 27.1. The maximum Gasteiger partial charge on any atom is 0.229 e. The third-order valence-electron chi connectivity index (χ3n) is 7.77. The SMILES string of the molecule is Cc1cc(Nc2cc(C)[nH]n2)nc(C2=CCC3(CC2)CCN([C@@H](C)c2ccc(-n4cc(F)cn4)nc2)C3=O)n1. The minimum atomic E-state index is -0.415. The van der Waals surface area contributed by atoms with Gasteiger partial charge in [-0.3, -0.25) is 9.89 Å². The van der Waals surface area contributed by atoms with Crippen LogP contribution in [-0.2, 0) is 4.79 Å². The lowest BCUT2D eigenvalue weighted by molar-refractivity contribution is -0.138. The third kappa shape index (κ3) is 4.80. The highest BCUT2D eigenvalue weighted by molar-refractivity contribution is 5.86. The summed E-state index contributed by atoms with van der Waals surface area (Å²) in [6.45, 7) is 6.63. The first-order chi connectivity index (χ1) is 18.8. The molecule has 2 atom stereocenters. The average molecular weight is 528 g/mol. The van der Waals surface area contributed by atoms with Crippen molar-refractivity contribution in [2.45, 2.75) is 52.5 Å². The Morgan fingerprint density at radius 1 is 1.13 bits per heavy atom. The number of amides is 1. The van der Waals surface area contributed by atoms with Crippen molar-refractivity contribution in [3.05, 3.63) is 77.5 Å². The van der Waals surface area contributed by atoms with Crippen LogP contribution >= 0.6 is 0 Å². The second-order valence-corrected chi connectivity index (χ2v) is 10.5. The molecule has 1 unspecified atom stereocenters. The molecule has 2 N–H and O–H groups in total. The fourth-order valence-corrected chi connectivity index (χ4v) is 5.51. The molecule has 1 aliphatic heterocycles. The minimum absolute atomic E-state index is 0.113. The van der Waals surface area contributed by atoms with Crippen LogP contribution in [0.15, 0.2) is 48.9 Å². The van der Waals surface area contributed by atoms with Gasteiger partial charge in [-0.15, -0.1) is 0 Å². The van der Waals surface area contributed by atoms with E-state index in [4.69, 9.17) is 4.98 Å². The second-order valence-electron chi connectivity index (χ2n) is 10.5. The molecule has 200 valence electrons. The lowest BCUT2D eigenvalue weighted by Crippen LogP contribution is -2.37. The highest BCUT2D eigenvalue weighted by Gasteiger charge is 2.48. The van der Waals surface area contributed by atoms with Gasteiger partial charge in [0.2, 0.25) is 5.91 Å². The molecule has 11 heteroatoms. The largest absolute Gasteiger partial charge is 0.335 e. The molecule has 0 bridgehead atoms. The lowest BCUT2D eigenvalue weighted by atomic mass is 9.73. The number of aryl methyl sites for hydroxylation is 2. The molecule has 6 rings (SSSR count). The summed E-state index contributed by atoms with van der Waals surface area (Å²) < 4.78 is 14.7. The van der Waals surface area contributed by atoms with Crippen molar-refractivity contribution in [3.63, 3.8) is 0 Å². The van der Waals surface area contributed by atoms with Crippen molar-refractivity contribution < 1.29 is 9.18 Å². The predicted octanol–water partition coefficient (Wildman–Crippen LogP) is 4.83. The van der Waals surface area contributed by atoms with E-state index in [-0.39, 0.29) is 11.9 Å². The predicted molar refractivity (Wildman–Crippen MR) is 144 cm³/mol. The Bertz CT molecular complexity index is 1560. The van der Waals surface area contributed by atoms with Gasteiger partial charge in [-0.2, -0.15) is 10.2 Å². The van der Waals surface area contributed by atoms with Crippen LogP contribution in [0.25, 0.3) is 11.4 Å². The molecule has 4 aromatic rings. The Morgan fingerprint density at radius 2 is 2.00 bits per heavy atom. The van der Waals surface area contributed by atoms with Gasteiger partial charge in [-0.25, -0.2) is 24.0 Å². The summed E-state index contributed by atoms with van der Waals surface area (Å²) >= 11 is 0. The van der Waals surface area contributed by atoms with Crippen molar-refractivity contribution in [1.82, 2.24) is 39.8 Å². The molecular formula is C28H30FN9O. The summed E-state index contributed by atoms with van der Waals surface area (Å²) in [6.07, 6.45) is 9.31. The zero-order valence-electron chi connectivity index (χ0n) is 22.1. The molecule has 1 saturated heterocycles. The van der Waals surface area contributed by atoms with Crippen LogP contribution in [0.2, 0.25) is 0 Å². The number of carbonyl (C=O) groups is 1. The van der Waals surface area contributed by atoms with Crippen LogP contribution < -0.4 is 5.32 Å². The highest BCUT2D eigenvalue weighted by Crippen LogP contribution is 2.47. The number of nitrogens with one attached hydrogen (secondary N) is 2. The molecule has 1 spiro atoms. The number of aromatic amines is 1. The third-order valence-corrected chi connectivity index (χ3v) is 7.77. The van der Waals surface area contributed by atoms with Gasteiger partial charge in [0, 0.05) is 36.3 Å². The first-order valence-corrected chi connectivity index (χ1v) is 13.1. The van der Waals surface area contributed by atoms with E-state index in [1.807, 2.05) is 43.9 Å². The van der Waals surface area contributed by atoms with Crippen molar-refractivity contribution >= 4 is 23.1 Å². The Kier molecular flexibility index (Phi) is 6.20. The monoisotopic (exact) mass is 527 g/mol. The number of halogens is 1. The molecule has 0 aromatic carbocycles. The van der Waals surface area contributed by atoms with E-state index in [9.17, 15) is 9.18 Å². The maximum absolute atomic E-state index is 13.7. The van der Waals surface area contributed by atoms with Crippen LogP contribution in [0.3, 0.4) is 0 Å². The van der Waals surface area contributed by atoms with E-state index in [1.54, 1.807) is 12.3 Å². The standard InChI is InChI=1S/C28H30FN9O/c1-17-12-23(33-24-13-18(2)35-36-24)34-26(32-17)20-6-8-28(9-7-20)10-11-37(27(28)39)19(3)21-4-5-25(30-14-21)38-16-22(29)15-31-38/h4-6,12-16,19H,7-11H2,1-3H3,(H2,32,33,34,35,36)/t19-,28?/m0/s1. The van der Waals surface area contributed by atoms with Crippen LogP contribution in [-0.4, -0.2) is 52.3 Å². The van der Waals surface area contributed by atoms with Gasteiger partial charge in [0.05, 0.1) is 23.9 Å². The summed E-state index contributed by atoms with van der Waals surface area (Å²) in [5.74, 6) is 2.39. The number of carbonyl (C=O) groups excluding carboxylic acids is 1. The van der Waals surface area contributed by atoms with Gasteiger partial charge in [0.15, 0.2) is 23.3 Å². The smallest absolute Gasteiger partial charge is 0.229 e. The fraction of sp³-hybridized carbons (Fsp3) is 0.357. The highest BCUT2D eigenvalue weighted by atomic mass is 19.1. The lowest BCUT2D eigenvalue weighted by Gasteiger charge is -2.32. The number of H-pyrrole nitrogens is 1. The van der Waals surface area contributed by atoms with E-state index in [0.717, 1.165) is 48.0 Å². The van der Waals surface area contributed by atoms with Crippen LogP contribution in [0.4, 0.5) is 16.0 Å². The molecule has 4 aromatic heterocycles. The summed E-state index contributed by atoms with van der Waals surface area (Å²) in [5, 5.41) is 14.3. The number of nitrogens with zero attached hydrogens (tertiary/aromatic N) is 7. The molecule has 5 heterocycles. The Morgan fingerprint density at radius 3 is 2.67 bits per heavy atom. The number of aromatic nitrogens is 7. The number of likely N-dealkylation sites (tertiary alicyclic amines) is 1. The van der Waals surface area contributed by atoms with Crippen LogP contribution in [0.5, 0.6) is 0 Å². The Labute approximate surface area is 225 Å². The molecule has 0 saturated carbocycles. The summed E-state index contributed by atoms with van der Waals surface area (Å²) in [6, 6.07) is 7.42. The molecular weight excluding hydrogens is 497 g/mol. The van der Waals surface area contributed by atoms with E-state index < -0.39 is 11.2 Å². The van der Waals surface area contributed by atoms with Crippen molar-refractivity contribution in [2.75, 3.05) is 11.9 Å². The Hall–Kier alpha value is -4.41. The van der Waals surface area contributed by atoms with E-state index in [0.29, 0.717) is 36.2 Å². The van der Waals surface area contributed by atoms with E-state index >= 15 is 0 Å². The first kappa shape index (κ1) is 24.9. The maximum atomic E-state index is 13.7. The van der Waals surface area contributed by atoms with Gasteiger partial charge in [0.1, 0.15) is 5.82 Å². The van der Waals surface area contributed by atoms with E-state index in [1.165, 1.54) is 10.9 Å². The van der Waals surface area contributed by atoms with Gasteiger partial charge < -0.3 is 10.2 Å². The van der Waals surface area contributed by atoms with Gasteiger partial charge in [0.25, 0.3) is 0 Å². The molecule has 1 aliphatic carbocycles. The number of rotatable bonds is 6. The minimum Gasteiger partial charge on any atom is -0.335 e. The Balaban J connectivity index is 1.15. The van der Waals surface area contributed by atoms with Crippen molar-refractivity contribution in [2.24, 2.45) is 5.41 Å². The van der Waals surface area contributed by atoms with Crippen molar-refractivity contribution in [1.29, 1.82) is 0 Å². The normalized spacial score (nSPS) is 19.9. The number of hydrogen-bond donors (Lipinski definition) is 2. The molecule has 10 nitrogen and oxygen atoms in total.